The molecule has 0 bridgehead atoms. The second-order valence-corrected chi connectivity index (χ2v) is 11.9. The fourth-order valence-electron chi connectivity index (χ4n) is 5.68. The van der Waals surface area contributed by atoms with Gasteiger partial charge in [-0.2, -0.15) is 29.8 Å². The molecule has 22 nitrogen and oxygen atoms in total. The first-order valence-electron chi connectivity index (χ1n) is 16.6. The van der Waals surface area contributed by atoms with Crippen LogP contribution in [0.4, 0.5) is 34.6 Å². The van der Waals surface area contributed by atoms with Crippen molar-refractivity contribution in [1.29, 1.82) is 0 Å². The zero-order valence-electron chi connectivity index (χ0n) is 30.5. The van der Waals surface area contributed by atoms with Crippen molar-refractivity contribution in [3.63, 3.8) is 0 Å². The maximum absolute atomic E-state index is 12.9. The molecule has 282 valence electrons. The van der Waals surface area contributed by atoms with E-state index < -0.39 is 18.4 Å². The van der Waals surface area contributed by atoms with Crippen LogP contribution in [-0.2, 0) is 18.8 Å². The van der Waals surface area contributed by atoms with E-state index in [1.54, 1.807) is 82.8 Å². The van der Waals surface area contributed by atoms with Gasteiger partial charge in [0.25, 0.3) is 0 Å². The predicted octanol–water partition coefficient (Wildman–Crippen LogP) is 4.01. The van der Waals surface area contributed by atoms with Crippen molar-refractivity contribution in [2.24, 2.45) is 34.6 Å². The number of aromatic nitrogens is 12. The molecule has 7 rings (SSSR count). The van der Waals surface area contributed by atoms with E-state index in [4.69, 9.17) is 16.2 Å². The Hall–Kier alpha value is -7.88. The highest BCUT2D eigenvalue weighted by Crippen LogP contribution is 2.36. The van der Waals surface area contributed by atoms with Crippen LogP contribution in [-0.4, -0.2) is 89.6 Å². The van der Waals surface area contributed by atoms with Crippen molar-refractivity contribution >= 4 is 46.4 Å². The molecular formula is C34H32N18O4. The molecule has 0 aliphatic carbocycles. The van der Waals surface area contributed by atoms with Crippen molar-refractivity contribution in [3.05, 3.63) is 83.7 Å². The van der Waals surface area contributed by atoms with Crippen LogP contribution in [0.1, 0.15) is 32.1 Å². The Morgan fingerprint density at radius 2 is 1.20 bits per heavy atom. The zero-order valence-corrected chi connectivity index (χ0v) is 30.5. The van der Waals surface area contributed by atoms with Crippen LogP contribution in [0.3, 0.4) is 0 Å². The quantitative estimate of drug-likeness (QED) is 0.0955. The summed E-state index contributed by atoms with van der Waals surface area (Å²) >= 11 is 0. The number of azo groups is 2. The first kappa shape index (κ1) is 36.5. The Bertz CT molecular complexity index is 2490. The van der Waals surface area contributed by atoms with Crippen LogP contribution in [0, 0.1) is 13.8 Å². The number of nitrogens with zero attached hydrogens (tertiary/aromatic N) is 16. The summed E-state index contributed by atoms with van der Waals surface area (Å²) in [5.74, 6) is -0.469. The van der Waals surface area contributed by atoms with Crippen molar-refractivity contribution < 1.29 is 19.4 Å². The number of methoxy groups -OCH3 is 1. The third-order valence-electron chi connectivity index (χ3n) is 8.35. The molecule has 22 heteroatoms. The normalized spacial score (nSPS) is 11.6. The Balaban J connectivity index is 1.20. The summed E-state index contributed by atoms with van der Waals surface area (Å²) < 4.78 is 10.4. The highest BCUT2D eigenvalue weighted by Gasteiger charge is 2.27. The second-order valence-electron chi connectivity index (χ2n) is 11.9. The van der Waals surface area contributed by atoms with Gasteiger partial charge in [-0.15, -0.1) is 20.5 Å². The average Bonchev–Trinajstić information content (AvgIpc) is 3.91. The van der Waals surface area contributed by atoms with Gasteiger partial charge in [0.05, 0.1) is 35.4 Å². The number of carbonyl (C=O) groups excluding carboxylic acids is 2. The molecule has 0 saturated carbocycles. The zero-order chi connectivity index (χ0) is 39.7. The molecule has 0 atom stereocenters. The van der Waals surface area contributed by atoms with Gasteiger partial charge >= 0.3 is 5.97 Å². The number of pyridine rings is 2. The van der Waals surface area contributed by atoms with E-state index >= 15 is 0 Å². The summed E-state index contributed by atoms with van der Waals surface area (Å²) in [7, 11) is 4.45. The molecule has 0 saturated heterocycles. The summed E-state index contributed by atoms with van der Waals surface area (Å²) in [6.45, 7) is 2.58. The van der Waals surface area contributed by atoms with Crippen molar-refractivity contribution in [2.45, 2.75) is 13.8 Å². The number of esters is 1. The van der Waals surface area contributed by atoms with E-state index in [2.05, 4.69) is 60.8 Å². The number of nitrogens with two attached hydrogens (primary N) is 2. The van der Waals surface area contributed by atoms with Crippen LogP contribution in [0.25, 0.3) is 34.4 Å². The van der Waals surface area contributed by atoms with E-state index in [0.29, 0.717) is 22.8 Å². The van der Waals surface area contributed by atoms with Crippen molar-refractivity contribution in [2.75, 3.05) is 25.2 Å². The smallest absolute Gasteiger partial charge is 0.344 e. The molecule has 7 aromatic rings. The molecule has 0 radical (unpaired) electrons. The number of Topliss-reactive ketones (excluding diaryl/α,β-unsaturated/α-hetero) is 1. The Morgan fingerprint density at radius 1 is 0.714 bits per heavy atom. The van der Waals surface area contributed by atoms with Crippen LogP contribution in [0.2, 0.25) is 0 Å². The summed E-state index contributed by atoms with van der Waals surface area (Å²) in [5, 5.41) is 44.9. The number of aliphatic hydroxyl groups is 1. The second kappa shape index (κ2) is 14.9. The minimum Gasteiger partial charge on any atom is -0.465 e. The number of anilines is 2. The van der Waals surface area contributed by atoms with Gasteiger partial charge in [-0.3, -0.25) is 14.8 Å². The van der Waals surface area contributed by atoms with Gasteiger partial charge in [-0.05, 0) is 38.1 Å². The average molecular weight is 757 g/mol. The number of ketones is 1. The number of aliphatic hydroxyl groups excluding tert-OH is 1. The first-order chi connectivity index (χ1) is 27.0. The van der Waals surface area contributed by atoms with Crippen molar-refractivity contribution in [1.82, 2.24) is 59.1 Å². The van der Waals surface area contributed by atoms with Gasteiger partial charge in [0.2, 0.25) is 0 Å². The largest absolute Gasteiger partial charge is 0.465 e. The van der Waals surface area contributed by atoms with Crippen LogP contribution < -0.4 is 11.5 Å². The third kappa shape index (κ3) is 6.51. The van der Waals surface area contributed by atoms with E-state index in [1.807, 2.05) is 0 Å². The van der Waals surface area contributed by atoms with E-state index in [9.17, 15) is 14.7 Å². The lowest BCUT2D eigenvalue weighted by atomic mass is 10.1. The van der Waals surface area contributed by atoms with Gasteiger partial charge < -0.3 is 21.3 Å². The van der Waals surface area contributed by atoms with E-state index in [1.165, 1.54) is 32.2 Å². The van der Waals surface area contributed by atoms with Crippen LogP contribution in [0.5, 0.6) is 0 Å². The molecule has 0 spiro atoms. The van der Waals surface area contributed by atoms with Crippen LogP contribution in [0.15, 0.2) is 81.6 Å². The van der Waals surface area contributed by atoms with Gasteiger partial charge in [0.15, 0.2) is 52.1 Å². The number of hydrogen-bond donors (Lipinski definition) is 3. The molecule has 7 heterocycles. The summed E-state index contributed by atoms with van der Waals surface area (Å²) in [4.78, 5) is 43.0. The van der Waals surface area contributed by atoms with Crippen LogP contribution >= 0.6 is 0 Å². The molecule has 0 fully saturated rings. The van der Waals surface area contributed by atoms with Gasteiger partial charge in [0, 0.05) is 32.6 Å². The molecular weight excluding hydrogens is 724 g/mol. The number of rotatable bonds is 11. The lowest BCUT2D eigenvalue weighted by Crippen LogP contribution is -2.09. The lowest BCUT2D eigenvalue weighted by Gasteiger charge is -2.06. The minimum absolute atomic E-state index is 0.0472. The van der Waals surface area contributed by atoms with Crippen molar-refractivity contribution in [3.8, 4) is 34.4 Å². The topological polar surface area (TPSA) is 288 Å². The molecule has 0 aliphatic heterocycles. The molecule has 0 aliphatic rings. The molecule has 7 aromatic heterocycles. The predicted molar refractivity (Wildman–Crippen MR) is 199 cm³/mol. The standard InChI is InChI=1S/C34H32N18O4/c1-17-26(41-43-32-24(21(54)15-53)28(47-49(32)3)19-10-6-8-12-37-19)30(35)51(45-17)22-14-23(40-16-39-22)52-31(36)27(18(2)46-52)42-44-33-25(34(55)56-5)29(48-50(33)4)20-11-7-9-13-38-20/h6-14,16,53H,15,35-36H2,1-5H3. The molecule has 56 heavy (non-hydrogen) atoms. The highest BCUT2D eigenvalue weighted by atomic mass is 16.5. The van der Waals surface area contributed by atoms with E-state index in [0.717, 1.165) is 0 Å². The summed E-state index contributed by atoms with van der Waals surface area (Å²) in [6.07, 6.45) is 4.42. The van der Waals surface area contributed by atoms with Gasteiger partial charge in [-0.1, -0.05) is 12.1 Å². The number of hydrogen-bond acceptors (Lipinski definition) is 18. The monoisotopic (exact) mass is 756 g/mol. The van der Waals surface area contributed by atoms with Gasteiger partial charge in [0.1, 0.15) is 29.9 Å². The summed E-state index contributed by atoms with van der Waals surface area (Å²) in [5.41, 5.74) is 15.7. The SMILES string of the molecule is COC(=O)c1c(-c2ccccn2)nn(C)c1N=Nc1c(C)nn(-c2cc(-n3nc(C)c(N=Nc4c(C(=O)CO)c(-c5ccccn5)nn4C)c3N)ncn2)c1N. The maximum Gasteiger partial charge on any atom is 0.344 e. The fourth-order valence-corrected chi connectivity index (χ4v) is 5.68. The third-order valence-corrected chi connectivity index (χ3v) is 8.35. The summed E-state index contributed by atoms with van der Waals surface area (Å²) in [6, 6.07) is 11.9. The lowest BCUT2D eigenvalue weighted by molar-refractivity contribution is 0.0602. The number of nitrogen functional groups attached to an aromatic ring is 2. The molecule has 0 amide bonds. The molecule has 0 aromatic carbocycles. The number of ether oxygens (including phenoxy) is 1. The number of aryl methyl sites for hydroxylation is 4. The number of carbonyl (C=O) groups is 2. The maximum atomic E-state index is 12.9. The Morgan fingerprint density at radius 3 is 1.64 bits per heavy atom. The Kier molecular flexibility index (Phi) is 9.68. The highest BCUT2D eigenvalue weighted by molar-refractivity contribution is 6.05. The van der Waals surface area contributed by atoms with E-state index in [-0.39, 0.29) is 68.8 Å². The minimum atomic E-state index is -0.776. The first-order valence-corrected chi connectivity index (χ1v) is 16.6. The molecule has 0 unspecified atom stereocenters. The Labute approximate surface area is 316 Å². The fraction of sp³-hybridized carbons (Fsp3) is 0.176. The van der Waals surface area contributed by atoms with Gasteiger partial charge in [-0.25, -0.2) is 24.1 Å². The molecule has 5 N–H and O–H groups in total.